The van der Waals surface area contributed by atoms with Crippen LogP contribution >= 0.6 is 0 Å². The minimum absolute atomic E-state index is 0.167. The van der Waals surface area contributed by atoms with Gasteiger partial charge in [0.1, 0.15) is 5.78 Å². The summed E-state index contributed by atoms with van der Waals surface area (Å²) in [6.45, 7) is 3.06. The fourth-order valence-corrected chi connectivity index (χ4v) is 1.68. The van der Waals surface area contributed by atoms with Gasteiger partial charge < -0.3 is 4.79 Å². The first-order chi connectivity index (χ1) is 8.68. The maximum Gasteiger partial charge on any atom is 0.126 e. The molecule has 0 N–H and O–H groups in total. The zero-order valence-electron chi connectivity index (χ0n) is 10.4. The smallest absolute Gasteiger partial charge is 0.126 e. The fourth-order valence-electron chi connectivity index (χ4n) is 1.68. The van der Waals surface area contributed by atoms with Crippen molar-refractivity contribution >= 4 is 27.6 Å². The Morgan fingerprint density at radius 2 is 1.22 bits per heavy atom. The lowest BCUT2D eigenvalue weighted by Crippen LogP contribution is -1.83. The number of nitrogens with zero attached hydrogens (tertiary/aromatic N) is 2. The molecule has 0 aliphatic rings. The van der Waals surface area contributed by atoms with E-state index in [-0.39, 0.29) is 5.78 Å². The molecule has 0 unspecified atom stereocenters. The van der Waals surface area contributed by atoms with Crippen LogP contribution in [0.5, 0.6) is 0 Å². The van der Waals surface area contributed by atoms with Gasteiger partial charge in [-0.2, -0.15) is 0 Å². The quantitative estimate of drug-likeness (QED) is 0.564. The Labute approximate surface area is 105 Å². The summed E-state index contributed by atoms with van der Waals surface area (Å²) in [5.74, 6) is 0.167. The van der Waals surface area contributed by atoms with Gasteiger partial charge in [0.2, 0.25) is 0 Å². The van der Waals surface area contributed by atoms with Crippen LogP contribution in [0.1, 0.15) is 13.8 Å². The summed E-state index contributed by atoms with van der Waals surface area (Å²) in [6, 6.07) is 12.1. The SMILES string of the molecule is CC(C)=O.c1cnc2c(c1)ccc1cccnc12. The highest BCUT2D eigenvalue weighted by Crippen LogP contribution is 2.20. The van der Waals surface area contributed by atoms with Crippen LogP contribution in [0.2, 0.25) is 0 Å². The summed E-state index contributed by atoms with van der Waals surface area (Å²) in [4.78, 5) is 18.1. The number of hydrogen-bond acceptors (Lipinski definition) is 3. The topological polar surface area (TPSA) is 42.9 Å². The van der Waals surface area contributed by atoms with Crippen molar-refractivity contribution in [1.29, 1.82) is 0 Å². The summed E-state index contributed by atoms with van der Waals surface area (Å²) >= 11 is 0. The lowest BCUT2D eigenvalue weighted by molar-refractivity contribution is -0.114. The van der Waals surface area contributed by atoms with Crippen molar-refractivity contribution in [2.24, 2.45) is 0 Å². The van der Waals surface area contributed by atoms with E-state index in [2.05, 4.69) is 34.2 Å². The molecular weight excluding hydrogens is 224 g/mol. The van der Waals surface area contributed by atoms with Gasteiger partial charge in [0.05, 0.1) is 11.0 Å². The molecule has 0 radical (unpaired) electrons. The van der Waals surface area contributed by atoms with Crippen LogP contribution < -0.4 is 0 Å². The van der Waals surface area contributed by atoms with E-state index < -0.39 is 0 Å². The van der Waals surface area contributed by atoms with Gasteiger partial charge in [0, 0.05) is 23.2 Å². The second-order valence-electron chi connectivity index (χ2n) is 4.12. The number of pyridine rings is 2. The monoisotopic (exact) mass is 238 g/mol. The Kier molecular flexibility index (Phi) is 3.63. The van der Waals surface area contributed by atoms with Gasteiger partial charge in [0.25, 0.3) is 0 Å². The molecule has 90 valence electrons. The van der Waals surface area contributed by atoms with Crippen LogP contribution in [0, 0.1) is 0 Å². The molecule has 0 spiro atoms. The van der Waals surface area contributed by atoms with Gasteiger partial charge in [-0.3, -0.25) is 9.97 Å². The van der Waals surface area contributed by atoms with Crippen molar-refractivity contribution in [3.05, 3.63) is 48.8 Å². The van der Waals surface area contributed by atoms with E-state index in [9.17, 15) is 4.79 Å². The molecule has 0 bridgehead atoms. The van der Waals surface area contributed by atoms with Crippen LogP contribution in [-0.2, 0) is 4.79 Å². The summed E-state index contributed by atoms with van der Waals surface area (Å²) in [5, 5.41) is 2.28. The highest BCUT2D eigenvalue weighted by atomic mass is 16.1. The molecule has 0 saturated carbocycles. The van der Waals surface area contributed by atoms with Crippen LogP contribution in [0.15, 0.2) is 48.8 Å². The van der Waals surface area contributed by atoms with Crippen molar-refractivity contribution in [2.75, 3.05) is 0 Å². The van der Waals surface area contributed by atoms with E-state index in [0.29, 0.717) is 0 Å². The van der Waals surface area contributed by atoms with E-state index in [1.165, 1.54) is 13.8 Å². The number of benzene rings is 1. The lowest BCUT2D eigenvalue weighted by Gasteiger charge is -2.00. The summed E-state index contributed by atoms with van der Waals surface area (Å²) < 4.78 is 0. The molecule has 3 nitrogen and oxygen atoms in total. The van der Waals surface area contributed by atoms with Crippen molar-refractivity contribution in [2.45, 2.75) is 13.8 Å². The molecule has 0 aliphatic heterocycles. The van der Waals surface area contributed by atoms with E-state index >= 15 is 0 Å². The van der Waals surface area contributed by atoms with Crippen LogP contribution in [-0.4, -0.2) is 15.8 Å². The van der Waals surface area contributed by atoms with Crippen molar-refractivity contribution < 1.29 is 4.79 Å². The third-order valence-electron chi connectivity index (χ3n) is 2.34. The van der Waals surface area contributed by atoms with Crippen LogP contribution in [0.25, 0.3) is 21.8 Å². The van der Waals surface area contributed by atoms with E-state index in [0.717, 1.165) is 21.8 Å². The summed E-state index contributed by atoms with van der Waals surface area (Å²) in [6.07, 6.45) is 3.60. The van der Waals surface area contributed by atoms with Crippen molar-refractivity contribution in [1.82, 2.24) is 9.97 Å². The third-order valence-corrected chi connectivity index (χ3v) is 2.34. The second kappa shape index (κ2) is 5.36. The zero-order valence-corrected chi connectivity index (χ0v) is 10.4. The normalized spacial score (nSPS) is 9.89. The number of Topliss-reactive ketones (excluding diaryl/α,β-unsaturated/α-hetero) is 1. The zero-order chi connectivity index (χ0) is 13.0. The number of hydrogen-bond donors (Lipinski definition) is 0. The molecule has 3 heteroatoms. The average Bonchev–Trinajstić information content (AvgIpc) is 2.38. The van der Waals surface area contributed by atoms with E-state index in [1.807, 2.05) is 12.1 Å². The lowest BCUT2D eigenvalue weighted by atomic mass is 10.1. The largest absolute Gasteiger partial charge is 0.300 e. The van der Waals surface area contributed by atoms with Crippen LogP contribution in [0.3, 0.4) is 0 Å². The highest BCUT2D eigenvalue weighted by molar-refractivity contribution is 6.02. The summed E-state index contributed by atoms with van der Waals surface area (Å²) in [5.41, 5.74) is 1.95. The van der Waals surface area contributed by atoms with Gasteiger partial charge in [0.15, 0.2) is 0 Å². The highest BCUT2D eigenvalue weighted by Gasteiger charge is 2.00. The Bertz CT molecular complexity index is 633. The Morgan fingerprint density at radius 1 is 0.833 bits per heavy atom. The van der Waals surface area contributed by atoms with Crippen molar-refractivity contribution in [3.63, 3.8) is 0 Å². The molecular formula is C15H14N2O. The number of carbonyl (C=O) groups is 1. The molecule has 0 aliphatic carbocycles. The van der Waals surface area contributed by atoms with Crippen LogP contribution in [0.4, 0.5) is 0 Å². The molecule has 0 amide bonds. The Hall–Kier alpha value is -2.29. The van der Waals surface area contributed by atoms with Crippen molar-refractivity contribution in [3.8, 4) is 0 Å². The maximum atomic E-state index is 9.44. The Morgan fingerprint density at radius 3 is 1.61 bits per heavy atom. The van der Waals surface area contributed by atoms with Gasteiger partial charge in [-0.25, -0.2) is 0 Å². The molecule has 3 aromatic rings. The minimum Gasteiger partial charge on any atom is -0.300 e. The fraction of sp³-hybridized carbons (Fsp3) is 0.133. The van der Waals surface area contributed by atoms with E-state index in [4.69, 9.17) is 0 Å². The van der Waals surface area contributed by atoms with Gasteiger partial charge in [-0.05, 0) is 26.0 Å². The number of ketones is 1. The minimum atomic E-state index is 0.167. The van der Waals surface area contributed by atoms with Gasteiger partial charge in [-0.1, -0.05) is 24.3 Å². The molecule has 0 fully saturated rings. The predicted molar refractivity (Wildman–Crippen MR) is 73.4 cm³/mol. The number of rotatable bonds is 0. The first kappa shape index (κ1) is 12.2. The van der Waals surface area contributed by atoms with Gasteiger partial charge >= 0.3 is 0 Å². The molecule has 18 heavy (non-hydrogen) atoms. The van der Waals surface area contributed by atoms with E-state index in [1.54, 1.807) is 12.4 Å². The molecule has 3 rings (SSSR count). The number of aromatic nitrogens is 2. The Balaban J connectivity index is 0.000000267. The molecule has 0 atom stereocenters. The first-order valence-electron chi connectivity index (χ1n) is 5.74. The molecule has 2 heterocycles. The average molecular weight is 238 g/mol. The van der Waals surface area contributed by atoms with Gasteiger partial charge in [-0.15, -0.1) is 0 Å². The third kappa shape index (κ3) is 2.69. The number of fused-ring (bicyclic) bond motifs is 3. The predicted octanol–water partition coefficient (Wildman–Crippen LogP) is 3.38. The maximum absolute atomic E-state index is 9.44. The second-order valence-corrected chi connectivity index (χ2v) is 4.12. The molecule has 2 aromatic heterocycles. The standard InChI is InChI=1S/C12H8N2.C3H6O/c1-3-9-5-6-10-4-2-8-14-12(10)11(9)13-7-1;1-3(2)4/h1-8H;1-2H3. The first-order valence-corrected chi connectivity index (χ1v) is 5.74. The summed E-state index contributed by atoms with van der Waals surface area (Å²) in [7, 11) is 0. The number of carbonyl (C=O) groups excluding carboxylic acids is 1. The molecule has 0 saturated heterocycles. The molecule has 1 aromatic carbocycles.